The second kappa shape index (κ2) is 5.27. The first-order valence-electron chi connectivity index (χ1n) is 4.56. The molecule has 3 nitrogen and oxygen atoms in total. The van der Waals surface area contributed by atoms with Crippen molar-refractivity contribution in [2.75, 3.05) is 6.54 Å². The Morgan fingerprint density at radius 1 is 1.46 bits per heavy atom. The Hall–Kier alpha value is -0.510. The van der Waals surface area contributed by atoms with Crippen LogP contribution in [0.15, 0.2) is 11.1 Å². The van der Waals surface area contributed by atoms with Crippen molar-refractivity contribution >= 4 is 22.0 Å². The Labute approximate surface area is 87.1 Å². The van der Waals surface area contributed by atoms with Crippen LogP contribution >= 0.6 is 15.9 Å². The molecule has 0 heterocycles. The number of hydrogen-bond donors (Lipinski definition) is 2. The fourth-order valence-electron chi connectivity index (χ4n) is 1.48. The lowest BCUT2D eigenvalue weighted by atomic mass is 10.2. The highest BCUT2D eigenvalue weighted by molar-refractivity contribution is 9.11. The summed E-state index contributed by atoms with van der Waals surface area (Å²) in [5.74, 6) is 0. The van der Waals surface area contributed by atoms with E-state index in [-0.39, 0.29) is 6.03 Å². The number of nitrogens with one attached hydrogen (secondary N) is 2. The molecule has 0 radical (unpaired) electrons. The van der Waals surface area contributed by atoms with Crippen molar-refractivity contribution in [3.63, 3.8) is 0 Å². The van der Waals surface area contributed by atoms with Crippen LogP contribution in [-0.4, -0.2) is 18.6 Å². The third-order valence-electron chi connectivity index (χ3n) is 2.13. The standard InChI is InChI=1S/C9H15BrN2O/c1-7(10)6-11-9(13)12-8-4-2-3-5-8/h8H,1-6H2,(H2,11,12,13). The van der Waals surface area contributed by atoms with E-state index in [1.54, 1.807) is 0 Å². The van der Waals surface area contributed by atoms with Gasteiger partial charge in [-0.05, 0) is 12.8 Å². The van der Waals surface area contributed by atoms with Gasteiger partial charge in [0.2, 0.25) is 0 Å². The van der Waals surface area contributed by atoms with Gasteiger partial charge in [0, 0.05) is 10.5 Å². The predicted octanol–water partition coefficient (Wildman–Crippen LogP) is 2.14. The van der Waals surface area contributed by atoms with E-state index < -0.39 is 0 Å². The van der Waals surface area contributed by atoms with Gasteiger partial charge in [-0.3, -0.25) is 0 Å². The van der Waals surface area contributed by atoms with Gasteiger partial charge in [-0.2, -0.15) is 0 Å². The van der Waals surface area contributed by atoms with Crippen molar-refractivity contribution < 1.29 is 4.79 Å². The van der Waals surface area contributed by atoms with E-state index in [9.17, 15) is 4.79 Å². The van der Waals surface area contributed by atoms with Gasteiger partial charge in [0.05, 0.1) is 6.54 Å². The monoisotopic (exact) mass is 246 g/mol. The van der Waals surface area contributed by atoms with Gasteiger partial charge in [-0.1, -0.05) is 35.4 Å². The Bertz CT molecular complexity index is 200. The van der Waals surface area contributed by atoms with E-state index in [4.69, 9.17) is 0 Å². The molecule has 0 aromatic rings. The first-order chi connectivity index (χ1) is 6.18. The molecule has 4 heteroatoms. The van der Waals surface area contributed by atoms with Crippen molar-refractivity contribution in [2.45, 2.75) is 31.7 Å². The number of halogens is 1. The van der Waals surface area contributed by atoms with Crippen LogP contribution in [0.25, 0.3) is 0 Å². The van der Waals surface area contributed by atoms with Crippen LogP contribution in [0.5, 0.6) is 0 Å². The molecular weight excluding hydrogens is 232 g/mol. The summed E-state index contributed by atoms with van der Waals surface area (Å²) in [4.78, 5) is 11.2. The molecule has 1 fully saturated rings. The number of carbonyl (C=O) groups is 1. The summed E-state index contributed by atoms with van der Waals surface area (Å²) in [6.45, 7) is 4.12. The topological polar surface area (TPSA) is 41.1 Å². The van der Waals surface area contributed by atoms with Crippen molar-refractivity contribution in [3.8, 4) is 0 Å². The number of urea groups is 1. The molecule has 74 valence electrons. The zero-order valence-electron chi connectivity index (χ0n) is 7.61. The summed E-state index contributed by atoms with van der Waals surface area (Å²) in [6.07, 6.45) is 4.69. The molecule has 0 unspecified atom stereocenters. The molecule has 1 saturated carbocycles. The number of rotatable bonds is 3. The molecule has 13 heavy (non-hydrogen) atoms. The van der Waals surface area contributed by atoms with Gasteiger partial charge in [-0.15, -0.1) is 0 Å². The molecule has 2 N–H and O–H groups in total. The maximum Gasteiger partial charge on any atom is 0.315 e. The lowest BCUT2D eigenvalue weighted by molar-refractivity contribution is 0.238. The number of hydrogen-bond acceptors (Lipinski definition) is 1. The summed E-state index contributed by atoms with van der Waals surface area (Å²) < 4.78 is 0.786. The van der Waals surface area contributed by atoms with Crippen LogP contribution in [0, 0.1) is 0 Å². The molecule has 0 saturated heterocycles. The lowest BCUT2D eigenvalue weighted by Crippen LogP contribution is -2.41. The van der Waals surface area contributed by atoms with Crippen LogP contribution in [0.2, 0.25) is 0 Å². The Kier molecular flexibility index (Phi) is 4.28. The summed E-state index contributed by atoms with van der Waals surface area (Å²) in [5, 5.41) is 5.63. The lowest BCUT2D eigenvalue weighted by Gasteiger charge is -2.12. The summed E-state index contributed by atoms with van der Waals surface area (Å²) in [5.41, 5.74) is 0. The van der Waals surface area contributed by atoms with Crippen LogP contribution in [0.4, 0.5) is 4.79 Å². The fraction of sp³-hybridized carbons (Fsp3) is 0.667. The van der Waals surface area contributed by atoms with Crippen LogP contribution in [0.3, 0.4) is 0 Å². The molecule has 0 aliphatic heterocycles. The molecule has 1 aliphatic carbocycles. The van der Waals surface area contributed by atoms with E-state index in [1.165, 1.54) is 12.8 Å². The molecule has 1 rings (SSSR count). The summed E-state index contributed by atoms with van der Waals surface area (Å²) >= 11 is 3.18. The second-order valence-electron chi connectivity index (χ2n) is 3.33. The largest absolute Gasteiger partial charge is 0.335 e. The summed E-state index contributed by atoms with van der Waals surface area (Å²) in [7, 11) is 0. The molecular formula is C9H15BrN2O. The van der Waals surface area contributed by atoms with Crippen molar-refractivity contribution in [1.82, 2.24) is 10.6 Å². The van der Waals surface area contributed by atoms with Crippen molar-refractivity contribution in [3.05, 3.63) is 11.1 Å². The van der Waals surface area contributed by atoms with E-state index in [0.717, 1.165) is 17.3 Å². The highest BCUT2D eigenvalue weighted by Gasteiger charge is 2.16. The van der Waals surface area contributed by atoms with Gasteiger partial charge in [0.15, 0.2) is 0 Å². The average Bonchev–Trinajstić information content (AvgIpc) is 2.53. The van der Waals surface area contributed by atoms with Crippen LogP contribution in [0.1, 0.15) is 25.7 Å². The van der Waals surface area contributed by atoms with Gasteiger partial charge >= 0.3 is 6.03 Å². The molecule has 0 atom stereocenters. The maximum atomic E-state index is 11.2. The highest BCUT2D eigenvalue weighted by atomic mass is 79.9. The van der Waals surface area contributed by atoms with E-state index in [0.29, 0.717) is 12.6 Å². The smallest absolute Gasteiger partial charge is 0.315 e. The SMILES string of the molecule is C=C(Br)CNC(=O)NC1CCCC1. The Morgan fingerprint density at radius 3 is 2.62 bits per heavy atom. The van der Waals surface area contributed by atoms with E-state index in [2.05, 4.69) is 33.1 Å². The fourth-order valence-corrected chi connectivity index (χ4v) is 1.62. The Morgan fingerprint density at radius 2 is 2.08 bits per heavy atom. The quantitative estimate of drug-likeness (QED) is 0.788. The minimum Gasteiger partial charge on any atom is -0.335 e. The van der Waals surface area contributed by atoms with Gasteiger partial charge in [0.25, 0.3) is 0 Å². The molecule has 0 spiro atoms. The van der Waals surface area contributed by atoms with E-state index in [1.807, 2.05) is 0 Å². The maximum absolute atomic E-state index is 11.2. The number of amides is 2. The highest BCUT2D eigenvalue weighted by Crippen LogP contribution is 2.17. The van der Waals surface area contributed by atoms with Gasteiger partial charge in [-0.25, -0.2) is 4.79 Å². The summed E-state index contributed by atoms with van der Waals surface area (Å²) in [6, 6.07) is 0.288. The van der Waals surface area contributed by atoms with Crippen LogP contribution in [-0.2, 0) is 0 Å². The molecule has 0 bridgehead atoms. The zero-order chi connectivity index (χ0) is 9.68. The van der Waals surface area contributed by atoms with Gasteiger partial charge in [0.1, 0.15) is 0 Å². The predicted molar refractivity (Wildman–Crippen MR) is 56.9 cm³/mol. The van der Waals surface area contributed by atoms with E-state index >= 15 is 0 Å². The molecule has 1 aliphatic rings. The second-order valence-corrected chi connectivity index (χ2v) is 4.45. The molecule has 0 aromatic carbocycles. The zero-order valence-corrected chi connectivity index (χ0v) is 9.19. The normalized spacial score (nSPS) is 17.0. The molecule has 2 amide bonds. The average molecular weight is 247 g/mol. The van der Waals surface area contributed by atoms with Crippen LogP contribution < -0.4 is 10.6 Å². The van der Waals surface area contributed by atoms with Gasteiger partial charge < -0.3 is 10.6 Å². The number of carbonyl (C=O) groups excluding carboxylic acids is 1. The third kappa shape index (κ3) is 4.31. The molecule has 0 aromatic heterocycles. The van der Waals surface area contributed by atoms with Crippen molar-refractivity contribution in [1.29, 1.82) is 0 Å². The third-order valence-corrected chi connectivity index (χ3v) is 2.41. The minimum atomic E-state index is -0.0903. The Balaban J connectivity index is 2.13. The first-order valence-corrected chi connectivity index (χ1v) is 5.35. The minimum absolute atomic E-state index is 0.0903. The first kappa shape index (κ1) is 10.6. The van der Waals surface area contributed by atoms with Crippen molar-refractivity contribution in [2.24, 2.45) is 0 Å².